The zero-order valence-corrected chi connectivity index (χ0v) is 19.2. The van der Waals surface area contributed by atoms with Gasteiger partial charge in [0, 0.05) is 31.7 Å². The summed E-state index contributed by atoms with van der Waals surface area (Å²) in [5, 5.41) is 5.54. The van der Waals surface area contributed by atoms with E-state index in [2.05, 4.69) is 15.5 Å². The predicted octanol–water partition coefficient (Wildman–Crippen LogP) is 1.44. The van der Waals surface area contributed by atoms with Crippen LogP contribution in [0.3, 0.4) is 0 Å². The first kappa shape index (κ1) is 24.3. The van der Waals surface area contributed by atoms with Crippen molar-refractivity contribution < 1.29 is 18.0 Å². The quantitative estimate of drug-likeness (QED) is 0.599. The molecule has 1 fully saturated rings. The second kappa shape index (κ2) is 10.4. The molecule has 0 saturated heterocycles. The van der Waals surface area contributed by atoms with Crippen molar-refractivity contribution in [2.24, 2.45) is 0 Å². The van der Waals surface area contributed by atoms with Crippen LogP contribution in [-0.2, 0) is 14.8 Å². The van der Waals surface area contributed by atoms with Crippen molar-refractivity contribution in [1.82, 2.24) is 19.8 Å². The number of rotatable bonds is 8. The number of amides is 2. The van der Waals surface area contributed by atoms with E-state index in [1.165, 1.54) is 51.2 Å². The van der Waals surface area contributed by atoms with Gasteiger partial charge in [0.1, 0.15) is 0 Å². The van der Waals surface area contributed by atoms with Gasteiger partial charge in [0.25, 0.3) is 5.91 Å². The van der Waals surface area contributed by atoms with Gasteiger partial charge in [-0.25, -0.2) is 12.7 Å². The molecule has 0 atom stereocenters. The molecule has 2 N–H and O–H groups in total. The lowest BCUT2D eigenvalue weighted by Gasteiger charge is -2.39. The fraction of sp³-hybridized carbons (Fsp3) is 0.619. The number of nitrogens with one attached hydrogen (secondary N) is 2. The van der Waals surface area contributed by atoms with Crippen LogP contribution in [0.15, 0.2) is 29.2 Å². The van der Waals surface area contributed by atoms with Gasteiger partial charge in [0.05, 0.1) is 11.4 Å². The Kier molecular flexibility index (Phi) is 8.40. The van der Waals surface area contributed by atoms with Crippen LogP contribution in [0.2, 0.25) is 0 Å². The maximum atomic E-state index is 12.4. The lowest BCUT2D eigenvalue weighted by atomic mass is 9.88. The molecule has 0 unspecified atom stereocenters. The van der Waals surface area contributed by atoms with Gasteiger partial charge in [-0.15, -0.1) is 0 Å². The minimum Gasteiger partial charge on any atom is -0.353 e. The summed E-state index contributed by atoms with van der Waals surface area (Å²) in [6.45, 7) is 0.387. The highest BCUT2D eigenvalue weighted by molar-refractivity contribution is 7.89. The average Bonchev–Trinajstić information content (AvgIpc) is 2.97. The second-order valence-electron chi connectivity index (χ2n) is 8.31. The summed E-state index contributed by atoms with van der Waals surface area (Å²) in [4.78, 5) is 27.0. The molecule has 2 rings (SSSR count). The molecule has 0 heterocycles. The van der Waals surface area contributed by atoms with E-state index in [-0.39, 0.29) is 28.4 Å². The van der Waals surface area contributed by atoms with Crippen molar-refractivity contribution in [3.05, 3.63) is 29.8 Å². The molecule has 0 radical (unpaired) electrons. The van der Waals surface area contributed by atoms with Crippen LogP contribution in [-0.4, -0.2) is 76.3 Å². The van der Waals surface area contributed by atoms with Gasteiger partial charge in [0.2, 0.25) is 15.9 Å². The first-order valence-electron chi connectivity index (χ1n) is 10.3. The van der Waals surface area contributed by atoms with E-state index in [1.807, 2.05) is 14.1 Å². The molecule has 9 heteroatoms. The van der Waals surface area contributed by atoms with E-state index in [0.29, 0.717) is 6.54 Å². The van der Waals surface area contributed by atoms with Crippen LogP contribution >= 0.6 is 0 Å². The van der Waals surface area contributed by atoms with Gasteiger partial charge in [-0.2, -0.15) is 0 Å². The Labute approximate surface area is 180 Å². The number of carbonyl (C=O) groups is 2. The minimum absolute atomic E-state index is 0.0332. The third kappa shape index (κ3) is 6.02. The Morgan fingerprint density at radius 3 is 2.20 bits per heavy atom. The van der Waals surface area contributed by atoms with Gasteiger partial charge in [-0.3, -0.25) is 9.59 Å². The van der Waals surface area contributed by atoms with Crippen molar-refractivity contribution in [1.29, 1.82) is 0 Å². The van der Waals surface area contributed by atoms with Crippen LogP contribution in [0.1, 0.15) is 48.9 Å². The molecule has 2 amide bonds. The van der Waals surface area contributed by atoms with Gasteiger partial charge in [-0.1, -0.05) is 31.7 Å². The van der Waals surface area contributed by atoms with Crippen LogP contribution in [0, 0.1) is 0 Å². The number of benzene rings is 1. The summed E-state index contributed by atoms with van der Waals surface area (Å²) in [6.07, 6.45) is 6.83. The first-order chi connectivity index (χ1) is 14.1. The molecule has 1 aliphatic rings. The predicted molar refractivity (Wildman–Crippen MR) is 117 cm³/mol. The van der Waals surface area contributed by atoms with Crippen LogP contribution in [0.4, 0.5) is 0 Å². The Bertz CT molecular complexity index is 844. The van der Waals surface area contributed by atoms with E-state index in [1.54, 1.807) is 0 Å². The van der Waals surface area contributed by atoms with Crippen molar-refractivity contribution in [2.45, 2.75) is 49.0 Å². The molecule has 1 aliphatic carbocycles. The lowest BCUT2D eigenvalue weighted by Crippen LogP contribution is -2.53. The SMILES string of the molecule is CN(C)C1(CNC(=O)CNC(=O)c2cccc(S(=O)(=O)N(C)C)c2)CCCCCC1. The normalized spacial score (nSPS) is 16.9. The highest BCUT2D eigenvalue weighted by atomic mass is 32.2. The molecule has 0 spiro atoms. The first-order valence-corrected chi connectivity index (χ1v) is 11.8. The summed E-state index contributed by atoms with van der Waals surface area (Å²) in [5.74, 6) is -0.747. The van der Waals surface area contributed by atoms with Gasteiger partial charge in [-0.05, 0) is 45.1 Å². The van der Waals surface area contributed by atoms with E-state index in [4.69, 9.17) is 0 Å². The highest BCUT2D eigenvalue weighted by Crippen LogP contribution is 2.30. The largest absolute Gasteiger partial charge is 0.353 e. The maximum Gasteiger partial charge on any atom is 0.251 e. The van der Waals surface area contributed by atoms with Crippen LogP contribution in [0.5, 0.6) is 0 Å². The van der Waals surface area contributed by atoms with E-state index >= 15 is 0 Å². The number of nitrogens with zero attached hydrogens (tertiary/aromatic N) is 2. The smallest absolute Gasteiger partial charge is 0.251 e. The third-order valence-corrected chi connectivity index (χ3v) is 7.69. The molecule has 1 aromatic carbocycles. The zero-order valence-electron chi connectivity index (χ0n) is 18.4. The van der Waals surface area contributed by atoms with E-state index in [9.17, 15) is 18.0 Å². The molecule has 30 heavy (non-hydrogen) atoms. The van der Waals surface area contributed by atoms with E-state index < -0.39 is 15.9 Å². The molecule has 168 valence electrons. The highest BCUT2D eigenvalue weighted by Gasteiger charge is 2.33. The van der Waals surface area contributed by atoms with Crippen molar-refractivity contribution in [3.63, 3.8) is 0 Å². The fourth-order valence-electron chi connectivity index (χ4n) is 3.77. The van der Waals surface area contributed by atoms with Crippen LogP contribution in [0.25, 0.3) is 0 Å². The number of likely N-dealkylation sites (N-methyl/N-ethyl adjacent to an activating group) is 1. The molecule has 0 aromatic heterocycles. The molecular weight excluding hydrogens is 404 g/mol. The topological polar surface area (TPSA) is 98.8 Å². The van der Waals surface area contributed by atoms with E-state index in [0.717, 1.165) is 30.0 Å². The molecule has 8 nitrogen and oxygen atoms in total. The number of hydrogen-bond acceptors (Lipinski definition) is 5. The maximum absolute atomic E-state index is 12.4. The number of hydrogen-bond donors (Lipinski definition) is 2. The summed E-state index contributed by atoms with van der Waals surface area (Å²) in [6, 6.07) is 5.79. The fourth-order valence-corrected chi connectivity index (χ4v) is 4.71. The third-order valence-electron chi connectivity index (χ3n) is 5.88. The second-order valence-corrected chi connectivity index (χ2v) is 10.5. The Morgan fingerprint density at radius 2 is 1.63 bits per heavy atom. The van der Waals surface area contributed by atoms with Gasteiger partial charge < -0.3 is 15.5 Å². The summed E-state index contributed by atoms with van der Waals surface area (Å²) >= 11 is 0. The minimum atomic E-state index is -3.63. The Morgan fingerprint density at radius 1 is 1.00 bits per heavy atom. The average molecular weight is 439 g/mol. The molecular formula is C21H34N4O4S. The van der Waals surface area contributed by atoms with Gasteiger partial charge in [0.15, 0.2) is 0 Å². The van der Waals surface area contributed by atoms with Crippen molar-refractivity contribution >= 4 is 21.8 Å². The molecule has 1 saturated carbocycles. The molecule has 0 aliphatic heterocycles. The van der Waals surface area contributed by atoms with Crippen LogP contribution < -0.4 is 10.6 Å². The summed E-state index contributed by atoms with van der Waals surface area (Å²) in [7, 11) is 3.33. The molecule has 0 bridgehead atoms. The zero-order chi connectivity index (χ0) is 22.4. The monoisotopic (exact) mass is 438 g/mol. The standard InChI is InChI=1S/C21H34N4O4S/c1-24(2)21(12-7-5-6-8-13-21)16-23-19(26)15-22-20(27)17-10-9-11-18(14-17)30(28,29)25(3)4/h9-11,14H,5-8,12-13,15-16H2,1-4H3,(H,22,27)(H,23,26). The van der Waals surface area contributed by atoms with Gasteiger partial charge >= 0.3 is 0 Å². The number of carbonyl (C=O) groups excluding carboxylic acids is 2. The summed E-state index contributed by atoms with van der Waals surface area (Å²) in [5.41, 5.74) is 0.143. The molecule has 1 aromatic rings. The lowest BCUT2D eigenvalue weighted by molar-refractivity contribution is -0.120. The number of sulfonamides is 1. The summed E-state index contributed by atoms with van der Waals surface area (Å²) < 4.78 is 25.6. The Hall–Kier alpha value is -1.97. The van der Waals surface area contributed by atoms with Crippen molar-refractivity contribution in [2.75, 3.05) is 41.3 Å². The Balaban J connectivity index is 1.94. The van der Waals surface area contributed by atoms with Crippen molar-refractivity contribution in [3.8, 4) is 0 Å².